The van der Waals surface area contributed by atoms with Crippen LogP contribution in [0.2, 0.25) is 0 Å². The number of nitriles is 1. The van der Waals surface area contributed by atoms with E-state index in [1.54, 1.807) is 18.2 Å². The number of amides is 1. The van der Waals surface area contributed by atoms with Crippen molar-refractivity contribution >= 4 is 28.5 Å². The normalized spacial score (nSPS) is 11.1. The number of hydrogen-bond donors (Lipinski definition) is 1. The van der Waals surface area contributed by atoms with Crippen molar-refractivity contribution in [2.45, 2.75) is 19.8 Å². The standard InChI is InChI=1S/C17H18N4O3S/c1-10(2)16-20-21-17(25-16)19-15(22)12(9-18)7-11-5-6-13(23-3)14(8-11)24-4/h5-8,10H,1-4H3,(H,19,21,22)/b12-7-. The summed E-state index contributed by atoms with van der Waals surface area (Å²) in [6, 6.07) is 7.02. The smallest absolute Gasteiger partial charge is 0.268 e. The third-order valence-electron chi connectivity index (χ3n) is 3.24. The quantitative estimate of drug-likeness (QED) is 0.629. The number of carbonyl (C=O) groups is 1. The van der Waals surface area contributed by atoms with Crippen LogP contribution in [0.25, 0.3) is 6.08 Å². The largest absolute Gasteiger partial charge is 0.493 e. The molecule has 25 heavy (non-hydrogen) atoms. The van der Waals surface area contributed by atoms with Crippen LogP contribution in [0.15, 0.2) is 23.8 Å². The first kappa shape index (κ1) is 18.4. The lowest BCUT2D eigenvalue weighted by Crippen LogP contribution is -2.13. The maximum Gasteiger partial charge on any atom is 0.268 e. The highest BCUT2D eigenvalue weighted by molar-refractivity contribution is 7.15. The van der Waals surface area contributed by atoms with Gasteiger partial charge in [0.15, 0.2) is 11.5 Å². The molecule has 1 aromatic carbocycles. The highest BCUT2D eigenvalue weighted by atomic mass is 32.1. The summed E-state index contributed by atoms with van der Waals surface area (Å²) >= 11 is 1.29. The van der Waals surface area contributed by atoms with Crippen LogP contribution in [0, 0.1) is 11.3 Å². The maximum absolute atomic E-state index is 12.3. The fourth-order valence-corrected chi connectivity index (χ4v) is 2.68. The number of ether oxygens (including phenoxy) is 2. The Bertz CT molecular complexity index is 837. The fourth-order valence-electron chi connectivity index (χ4n) is 1.94. The SMILES string of the molecule is COc1ccc(/C=C(/C#N)C(=O)Nc2nnc(C(C)C)s2)cc1OC. The van der Waals surface area contributed by atoms with Gasteiger partial charge in [-0.1, -0.05) is 31.3 Å². The van der Waals surface area contributed by atoms with E-state index in [2.05, 4.69) is 15.5 Å². The van der Waals surface area contributed by atoms with Gasteiger partial charge in [-0.25, -0.2) is 0 Å². The van der Waals surface area contributed by atoms with E-state index in [-0.39, 0.29) is 11.5 Å². The van der Waals surface area contributed by atoms with Gasteiger partial charge >= 0.3 is 0 Å². The van der Waals surface area contributed by atoms with Gasteiger partial charge in [0.25, 0.3) is 5.91 Å². The van der Waals surface area contributed by atoms with Crippen LogP contribution in [0.1, 0.15) is 30.3 Å². The molecule has 0 atom stereocenters. The first-order chi connectivity index (χ1) is 12.0. The zero-order valence-electron chi connectivity index (χ0n) is 14.4. The Morgan fingerprint density at radius 1 is 1.28 bits per heavy atom. The Morgan fingerprint density at radius 2 is 2.00 bits per heavy atom. The Labute approximate surface area is 149 Å². The second-order valence-corrected chi connectivity index (χ2v) is 6.35. The van der Waals surface area contributed by atoms with Crippen molar-refractivity contribution in [3.63, 3.8) is 0 Å². The summed E-state index contributed by atoms with van der Waals surface area (Å²) in [5, 5.41) is 21.0. The number of aromatic nitrogens is 2. The van der Waals surface area contributed by atoms with Crippen molar-refractivity contribution < 1.29 is 14.3 Å². The molecule has 0 aliphatic carbocycles. The topological polar surface area (TPSA) is 97.1 Å². The summed E-state index contributed by atoms with van der Waals surface area (Å²) in [4.78, 5) is 12.3. The molecule has 2 rings (SSSR count). The van der Waals surface area contributed by atoms with Gasteiger partial charge in [0.2, 0.25) is 5.13 Å². The van der Waals surface area contributed by atoms with Crippen molar-refractivity contribution in [2.24, 2.45) is 0 Å². The Hall–Kier alpha value is -2.92. The first-order valence-corrected chi connectivity index (χ1v) is 8.28. The van der Waals surface area contributed by atoms with E-state index in [0.29, 0.717) is 22.2 Å². The van der Waals surface area contributed by atoms with Gasteiger partial charge < -0.3 is 9.47 Å². The average molecular weight is 358 g/mol. The first-order valence-electron chi connectivity index (χ1n) is 7.47. The number of nitrogens with one attached hydrogen (secondary N) is 1. The fraction of sp³-hybridized carbons (Fsp3) is 0.294. The lowest BCUT2D eigenvalue weighted by Gasteiger charge is -2.08. The average Bonchev–Trinajstić information content (AvgIpc) is 3.08. The summed E-state index contributed by atoms with van der Waals surface area (Å²) in [5.74, 6) is 0.766. The van der Waals surface area contributed by atoms with Crippen LogP contribution in [-0.4, -0.2) is 30.3 Å². The summed E-state index contributed by atoms with van der Waals surface area (Å²) in [5.41, 5.74) is 0.595. The maximum atomic E-state index is 12.3. The number of rotatable bonds is 6. The number of anilines is 1. The van der Waals surface area contributed by atoms with E-state index < -0.39 is 5.91 Å². The van der Waals surface area contributed by atoms with Crippen LogP contribution in [0.3, 0.4) is 0 Å². The van der Waals surface area contributed by atoms with Gasteiger partial charge in [0, 0.05) is 5.92 Å². The molecule has 0 aliphatic rings. The number of nitrogens with zero attached hydrogens (tertiary/aromatic N) is 3. The zero-order chi connectivity index (χ0) is 18.4. The van der Waals surface area contributed by atoms with Crippen molar-refractivity contribution in [3.8, 4) is 17.6 Å². The van der Waals surface area contributed by atoms with Crippen molar-refractivity contribution in [1.29, 1.82) is 5.26 Å². The monoisotopic (exact) mass is 358 g/mol. The Balaban J connectivity index is 2.21. The summed E-state index contributed by atoms with van der Waals surface area (Å²) in [7, 11) is 3.06. The second kappa shape index (κ2) is 8.26. The number of benzene rings is 1. The Morgan fingerprint density at radius 3 is 2.56 bits per heavy atom. The highest BCUT2D eigenvalue weighted by Crippen LogP contribution is 2.28. The van der Waals surface area contributed by atoms with E-state index in [0.717, 1.165) is 5.01 Å². The van der Waals surface area contributed by atoms with Crippen LogP contribution >= 0.6 is 11.3 Å². The lowest BCUT2D eigenvalue weighted by molar-refractivity contribution is -0.112. The molecule has 1 amide bonds. The van der Waals surface area contributed by atoms with E-state index >= 15 is 0 Å². The molecule has 0 aliphatic heterocycles. The molecule has 0 bridgehead atoms. The van der Waals surface area contributed by atoms with Gasteiger partial charge in [-0.2, -0.15) is 5.26 Å². The van der Waals surface area contributed by atoms with Crippen molar-refractivity contribution in [1.82, 2.24) is 10.2 Å². The molecule has 7 nitrogen and oxygen atoms in total. The molecule has 1 N–H and O–H groups in total. The van der Waals surface area contributed by atoms with E-state index in [4.69, 9.17) is 9.47 Å². The third-order valence-corrected chi connectivity index (χ3v) is 4.38. The summed E-state index contributed by atoms with van der Waals surface area (Å²) in [6.07, 6.45) is 1.47. The van der Waals surface area contributed by atoms with Gasteiger partial charge in [0.05, 0.1) is 14.2 Å². The molecule has 0 fully saturated rings. The van der Waals surface area contributed by atoms with Gasteiger partial charge in [-0.05, 0) is 23.8 Å². The predicted molar refractivity (Wildman–Crippen MR) is 95.8 cm³/mol. The Kier molecular flexibility index (Phi) is 6.08. The van der Waals surface area contributed by atoms with Crippen molar-refractivity contribution in [3.05, 3.63) is 34.3 Å². The minimum atomic E-state index is -0.538. The minimum absolute atomic E-state index is 0.0477. The number of methoxy groups -OCH3 is 2. The van der Waals surface area contributed by atoms with Crippen LogP contribution < -0.4 is 14.8 Å². The van der Waals surface area contributed by atoms with Gasteiger partial charge in [-0.3, -0.25) is 10.1 Å². The molecule has 1 aromatic heterocycles. The zero-order valence-corrected chi connectivity index (χ0v) is 15.2. The summed E-state index contributed by atoms with van der Waals surface area (Å²) in [6.45, 7) is 3.98. The van der Waals surface area contributed by atoms with Gasteiger partial charge in [-0.15, -0.1) is 10.2 Å². The molecule has 0 unspecified atom stereocenters. The predicted octanol–water partition coefficient (Wildman–Crippen LogP) is 3.22. The van der Waals surface area contributed by atoms with Crippen LogP contribution in [0.4, 0.5) is 5.13 Å². The molecule has 0 saturated carbocycles. The molecular formula is C17H18N4O3S. The molecule has 2 aromatic rings. The number of carbonyl (C=O) groups excluding carboxylic acids is 1. The highest BCUT2D eigenvalue weighted by Gasteiger charge is 2.14. The van der Waals surface area contributed by atoms with Gasteiger partial charge in [0.1, 0.15) is 16.6 Å². The molecule has 0 saturated heterocycles. The minimum Gasteiger partial charge on any atom is -0.493 e. The molecular weight excluding hydrogens is 340 g/mol. The van der Waals surface area contributed by atoms with E-state index in [1.807, 2.05) is 19.9 Å². The second-order valence-electron chi connectivity index (χ2n) is 5.34. The third kappa shape index (κ3) is 4.55. The van der Waals surface area contributed by atoms with Crippen molar-refractivity contribution in [2.75, 3.05) is 19.5 Å². The van der Waals surface area contributed by atoms with E-state index in [1.165, 1.54) is 31.6 Å². The lowest BCUT2D eigenvalue weighted by atomic mass is 10.1. The summed E-state index contributed by atoms with van der Waals surface area (Å²) < 4.78 is 10.4. The van der Waals surface area contributed by atoms with Crippen LogP contribution in [0.5, 0.6) is 11.5 Å². The number of hydrogen-bond acceptors (Lipinski definition) is 7. The van der Waals surface area contributed by atoms with E-state index in [9.17, 15) is 10.1 Å². The molecule has 0 radical (unpaired) electrons. The molecule has 1 heterocycles. The molecule has 8 heteroatoms. The molecule has 0 spiro atoms. The molecule has 130 valence electrons. The van der Waals surface area contributed by atoms with Crippen LogP contribution in [-0.2, 0) is 4.79 Å².